The quantitative estimate of drug-likeness (QED) is 0.397. The molecule has 10 heteroatoms. The van der Waals surface area contributed by atoms with E-state index in [1.54, 1.807) is 0 Å². The highest BCUT2D eigenvalue weighted by Gasteiger charge is 2.28. The van der Waals surface area contributed by atoms with Gasteiger partial charge < -0.3 is 15.8 Å². The number of carbonyl (C=O) groups is 1. The first-order valence-corrected chi connectivity index (χ1v) is 12.3. The van der Waals surface area contributed by atoms with E-state index in [0.717, 1.165) is 31.3 Å². The lowest BCUT2D eigenvalue weighted by Gasteiger charge is -2.18. The molecular weight excluding hydrogens is 452 g/mol. The topological polar surface area (TPSA) is 123 Å². The van der Waals surface area contributed by atoms with Crippen LogP contribution in [0.4, 0.5) is 11.4 Å². The monoisotopic (exact) mass is 476 g/mol. The van der Waals surface area contributed by atoms with Crippen molar-refractivity contribution in [2.45, 2.75) is 31.4 Å². The maximum absolute atomic E-state index is 12.7. The molecule has 1 aliphatic carbocycles. The molecule has 32 heavy (non-hydrogen) atoms. The van der Waals surface area contributed by atoms with Gasteiger partial charge in [-0.25, -0.2) is 8.42 Å². The summed E-state index contributed by atoms with van der Waals surface area (Å²) in [6.07, 6.45) is 6.26. The van der Waals surface area contributed by atoms with Gasteiger partial charge in [-0.05, 0) is 49.6 Å². The van der Waals surface area contributed by atoms with Gasteiger partial charge in [-0.15, -0.1) is 0 Å². The number of sulfonamides is 1. The number of hydrogen-bond acceptors (Lipinski definition) is 6. The number of ether oxygens (including phenoxy) is 1. The molecule has 8 nitrogen and oxygen atoms in total. The van der Waals surface area contributed by atoms with E-state index < -0.39 is 15.9 Å². The molecule has 0 saturated heterocycles. The first-order chi connectivity index (χ1) is 15.2. The third-order valence-corrected chi connectivity index (χ3v) is 5.58. The smallest absolute Gasteiger partial charge is 0.258 e. The minimum atomic E-state index is -3.49. The van der Waals surface area contributed by atoms with Gasteiger partial charge in [-0.3, -0.25) is 14.5 Å². The number of nitrogens with two attached hydrogens (primary N) is 1. The van der Waals surface area contributed by atoms with Crippen molar-refractivity contribution in [3.63, 3.8) is 0 Å². The number of nitrogens with zero attached hydrogens (tertiary/aromatic N) is 1. The zero-order chi connectivity index (χ0) is 23.1. The predicted molar refractivity (Wildman–Crippen MR) is 128 cm³/mol. The Morgan fingerprint density at radius 1 is 1.19 bits per heavy atom. The van der Waals surface area contributed by atoms with Crippen LogP contribution in [0.1, 0.15) is 19.3 Å². The molecular formula is C22H25ClN4O4S. The number of benzene rings is 2. The third kappa shape index (κ3) is 7.00. The fourth-order valence-electron chi connectivity index (χ4n) is 3.38. The Morgan fingerprint density at radius 3 is 2.59 bits per heavy atom. The van der Waals surface area contributed by atoms with Crippen LogP contribution in [0.3, 0.4) is 0 Å². The van der Waals surface area contributed by atoms with Gasteiger partial charge in [0.2, 0.25) is 10.0 Å². The van der Waals surface area contributed by atoms with Gasteiger partial charge >= 0.3 is 0 Å². The molecule has 1 aliphatic rings. The van der Waals surface area contributed by atoms with E-state index in [2.05, 4.69) is 15.0 Å². The number of aliphatic imine (C=N–C) groups is 1. The largest absolute Gasteiger partial charge is 0.488 e. The second-order valence-electron chi connectivity index (χ2n) is 7.42. The molecule has 1 saturated carbocycles. The molecule has 0 aromatic heterocycles. The number of para-hydroxylation sites is 1. The van der Waals surface area contributed by atoms with Gasteiger partial charge in [0.15, 0.2) is 0 Å². The summed E-state index contributed by atoms with van der Waals surface area (Å²) in [6, 6.07) is 13.8. The molecule has 3 rings (SSSR count). The second kappa shape index (κ2) is 10.5. The molecule has 170 valence electrons. The summed E-state index contributed by atoms with van der Waals surface area (Å²) in [5.74, 6) is 0.286. The van der Waals surface area contributed by atoms with E-state index in [4.69, 9.17) is 22.1 Å². The molecule has 0 radical (unpaired) electrons. The van der Waals surface area contributed by atoms with E-state index in [1.807, 2.05) is 30.3 Å². The van der Waals surface area contributed by atoms with Crippen LogP contribution < -0.4 is 20.5 Å². The molecule has 1 fully saturated rings. The summed E-state index contributed by atoms with van der Waals surface area (Å²) >= 11 is 6.04. The molecule has 4 N–H and O–H groups in total. The normalized spacial score (nSPS) is 19.1. The molecule has 0 spiro atoms. The molecule has 2 aromatic carbocycles. The third-order valence-electron chi connectivity index (χ3n) is 4.75. The molecule has 2 atom stereocenters. The number of amides is 1. The van der Waals surface area contributed by atoms with Crippen LogP contribution in [-0.2, 0) is 14.8 Å². The lowest BCUT2D eigenvalue weighted by molar-refractivity contribution is -0.112. The highest BCUT2D eigenvalue weighted by atomic mass is 35.5. The average Bonchev–Trinajstić information content (AvgIpc) is 3.14. The Labute approximate surface area is 192 Å². The van der Waals surface area contributed by atoms with Crippen molar-refractivity contribution < 1.29 is 17.9 Å². The zero-order valence-corrected chi connectivity index (χ0v) is 19.1. The number of rotatable bonds is 8. The van der Waals surface area contributed by atoms with Gasteiger partial charge in [0, 0.05) is 23.1 Å². The number of anilines is 2. The number of halogens is 1. The predicted octanol–water partition coefficient (Wildman–Crippen LogP) is 3.56. The van der Waals surface area contributed by atoms with Crippen molar-refractivity contribution in [1.82, 2.24) is 0 Å². The number of carbonyl (C=O) groups excluding carboxylic acids is 1. The van der Waals surface area contributed by atoms with Crippen molar-refractivity contribution in [3.05, 3.63) is 65.3 Å². The summed E-state index contributed by atoms with van der Waals surface area (Å²) in [5, 5.41) is 2.91. The maximum atomic E-state index is 12.7. The standard InChI is InChI=1S/C22H25ClN4O4S/c1-32(29,30)27-18-11-16(23)10-17(12-18)26-22(28)15(13-24)14-25-20-8-5-9-21(20)31-19-6-3-2-4-7-19/h2-4,6-7,10-14,20-21,27H,5,8-9,24H2,1H3,(H,26,28)/b15-13+,25-14?/t20-,21+/m0/s1. The molecule has 0 bridgehead atoms. The Morgan fingerprint density at radius 2 is 1.91 bits per heavy atom. The van der Waals surface area contributed by atoms with Crippen LogP contribution in [-0.4, -0.2) is 38.9 Å². The van der Waals surface area contributed by atoms with Crippen molar-refractivity contribution in [3.8, 4) is 5.75 Å². The van der Waals surface area contributed by atoms with Crippen LogP contribution in [0, 0.1) is 0 Å². The maximum Gasteiger partial charge on any atom is 0.258 e. The minimum absolute atomic E-state index is 0.0757. The van der Waals surface area contributed by atoms with E-state index in [1.165, 1.54) is 30.6 Å². The van der Waals surface area contributed by atoms with Crippen LogP contribution in [0.2, 0.25) is 5.02 Å². The Balaban J connectivity index is 1.66. The average molecular weight is 477 g/mol. The number of hydrogen-bond donors (Lipinski definition) is 3. The lowest BCUT2D eigenvalue weighted by Crippen LogP contribution is -2.25. The Bertz CT molecular complexity index is 1120. The fraction of sp³-hybridized carbons (Fsp3) is 0.273. The first kappa shape index (κ1) is 23.6. The SMILES string of the molecule is CS(=O)(=O)Nc1cc(Cl)cc(NC(=O)/C(C=N[C@H]2CCC[C@H]2Oc2ccccc2)=C/N)c1. The zero-order valence-electron chi connectivity index (χ0n) is 17.5. The Hall–Kier alpha value is -3.04. The highest BCUT2D eigenvalue weighted by molar-refractivity contribution is 7.92. The molecule has 0 aliphatic heterocycles. The summed E-state index contributed by atoms with van der Waals surface area (Å²) in [7, 11) is -3.49. The minimum Gasteiger partial charge on any atom is -0.488 e. The summed E-state index contributed by atoms with van der Waals surface area (Å²) < 4.78 is 31.3. The van der Waals surface area contributed by atoms with E-state index in [0.29, 0.717) is 5.69 Å². The first-order valence-electron chi connectivity index (χ1n) is 10.00. The molecule has 0 heterocycles. The Kier molecular flexibility index (Phi) is 7.76. The van der Waals surface area contributed by atoms with Crippen LogP contribution in [0.25, 0.3) is 0 Å². The van der Waals surface area contributed by atoms with Crippen LogP contribution in [0.15, 0.2) is 65.3 Å². The summed E-state index contributed by atoms with van der Waals surface area (Å²) in [6.45, 7) is 0. The highest BCUT2D eigenvalue weighted by Crippen LogP contribution is 2.27. The van der Waals surface area contributed by atoms with E-state index in [9.17, 15) is 13.2 Å². The lowest BCUT2D eigenvalue weighted by atomic mass is 10.2. The van der Waals surface area contributed by atoms with Crippen LogP contribution >= 0.6 is 11.6 Å². The van der Waals surface area contributed by atoms with Crippen molar-refractivity contribution in [2.24, 2.45) is 10.7 Å². The van der Waals surface area contributed by atoms with Gasteiger partial charge in [-0.2, -0.15) is 0 Å². The van der Waals surface area contributed by atoms with E-state index >= 15 is 0 Å². The number of nitrogens with one attached hydrogen (secondary N) is 2. The van der Waals surface area contributed by atoms with Gasteiger partial charge in [-0.1, -0.05) is 29.8 Å². The van der Waals surface area contributed by atoms with Crippen molar-refractivity contribution >= 4 is 45.1 Å². The molecule has 1 amide bonds. The van der Waals surface area contributed by atoms with Gasteiger partial charge in [0.05, 0.1) is 23.6 Å². The van der Waals surface area contributed by atoms with Crippen LogP contribution in [0.5, 0.6) is 5.75 Å². The fourth-order valence-corrected chi connectivity index (χ4v) is 4.16. The van der Waals surface area contributed by atoms with Crippen molar-refractivity contribution in [2.75, 3.05) is 16.3 Å². The molecule has 2 aromatic rings. The van der Waals surface area contributed by atoms with E-state index in [-0.39, 0.29) is 28.4 Å². The molecule has 0 unspecified atom stereocenters. The summed E-state index contributed by atoms with van der Waals surface area (Å²) in [4.78, 5) is 17.2. The summed E-state index contributed by atoms with van der Waals surface area (Å²) in [5.41, 5.74) is 6.35. The van der Waals surface area contributed by atoms with Gasteiger partial charge in [0.25, 0.3) is 5.91 Å². The van der Waals surface area contributed by atoms with Crippen molar-refractivity contribution in [1.29, 1.82) is 0 Å². The van der Waals surface area contributed by atoms with Gasteiger partial charge in [0.1, 0.15) is 11.9 Å². The second-order valence-corrected chi connectivity index (χ2v) is 9.61.